The number of urea groups is 1. The highest BCUT2D eigenvalue weighted by atomic mass is 35.5. The molecule has 2 N–H and O–H groups in total. The third-order valence-electron chi connectivity index (χ3n) is 4.16. The first-order valence-electron chi connectivity index (χ1n) is 8.17. The minimum atomic E-state index is -0.519. The Morgan fingerprint density at radius 2 is 1.81 bits per heavy atom. The lowest BCUT2D eigenvalue weighted by Gasteiger charge is -2.11. The van der Waals surface area contributed by atoms with E-state index in [2.05, 4.69) is 10.6 Å². The number of methoxy groups -OCH3 is 1. The smallest absolute Gasteiger partial charge is 0.334 e. The standard InChI is InChI=1S/C19H19ClN4O3/c1-12-17(23(2)19(26)24(12)13-7-5-4-6-8-13)22-18(25)21-16-11-14(27-3)9-10-15(16)20/h4-11H,1-3H3,(H2,21,22,25). The second-order valence-electron chi connectivity index (χ2n) is 5.87. The van der Waals surface area contributed by atoms with Gasteiger partial charge in [-0.15, -0.1) is 0 Å². The van der Waals surface area contributed by atoms with Crippen LogP contribution in [-0.2, 0) is 7.05 Å². The van der Waals surface area contributed by atoms with Crippen LogP contribution in [0.4, 0.5) is 16.3 Å². The monoisotopic (exact) mass is 386 g/mol. The summed E-state index contributed by atoms with van der Waals surface area (Å²) in [5, 5.41) is 5.76. The summed E-state index contributed by atoms with van der Waals surface area (Å²) in [6.45, 7) is 1.77. The van der Waals surface area contributed by atoms with Crippen molar-refractivity contribution in [2.75, 3.05) is 17.7 Å². The number of ether oxygens (including phenoxy) is 1. The predicted molar refractivity (Wildman–Crippen MR) is 106 cm³/mol. The van der Waals surface area contributed by atoms with Gasteiger partial charge in [-0.05, 0) is 31.2 Å². The van der Waals surface area contributed by atoms with Crippen LogP contribution in [0.1, 0.15) is 5.69 Å². The van der Waals surface area contributed by atoms with Crippen LogP contribution in [0.2, 0.25) is 5.02 Å². The molecule has 8 heteroatoms. The summed E-state index contributed by atoms with van der Waals surface area (Å²) in [5.41, 5.74) is 1.48. The highest BCUT2D eigenvalue weighted by Crippen LogP contribution is 2.27. The van der Waals surface area contributed by atoms with Crippen molar-refractivity contribution in [2.24, 2.45) is 7.05 Å². The summed E-state index contributed by atoms with van der Waals surface area (Å²) >= 11 is 6.11. The number of nitrogens with zero attached hydrogens (tertiary/aromatic N) is 2. The maximum absolute atomic E-state index is 12.6. The maximum atomic E-state index is 12.6. The van der Waals surface area contributed by atoms with E-state index >= 15 is 0 Å². The normalized spacial score (nSPS) is 10.5. The summed E-state index contributed by atoms with van der Waals surface area (Å²) in [6, 6.07) is 13.6. The lowest BCUT2D eigenvalue weighted by atomic mass is 10.3. The van der Waals surface area contributed by atoms with Crippen molar-refractivity contribution < 1.29 is 9.53 Å². The molecule has 0 unspecified atom stereocenters. The minimum Gasteiger partial charge on any atom is -0.497 e. The number of carbonyl (C=O) groups excluding carboxylic acids is 1. The van der Waals surface area contributed by atoms with Gasteiger partial charge in [-0.3, -0.25) is 14.5 Å². The number of anilines is 2. The molecule has 0 aliphatic heterocycles. The molecule has 0 atom stereocenters. The Balaban J connectivity index is 1.88. The first-order chi connectivity index (χ1) is 12.9. The SMILES string of the molecule is COc1ccc(Cl)c(NC(=O)Nc2c(C)n(-c3ccccc3)c(=O)n2C)c1. The zero-order chi connectivity index (χ0) is 19.6. The van der Waals surface area contributed by atoms with E-state index in [1.165, 1.54) is 16.2 Å². The highest BCUT2D eigenvalue weighted by molar-refractivity contribution is 6.33. The van der Waals surface area contributed by atoms with Crippen LogP contribution in [-0.4, -0.2) is 22.3 Å². The van der Waals surface area contributed by atoms with Gasteiger partial charge in [0, 0.05) is 13.1 Å². The van der Waals surface area contributed by atoms with Crippen LogP contribution < -0.4 is 21.1 Å². The second kappa shape index (κ2) is 7.59. The molecule has 2 amide bonds. The Hall–Kier alpha value is -3.19. The molecule has 1 aromatic heterocycles. The molecule has 0 aliphatic rings. The summed E-state index contributed by atoms with van der Waals surface area (Å²) in [7, 11) is 3.13. The molecule has 7 nitrogen and oxygen atoms in total. The molecule has 1 heterocycles. The van der Waals surface area contributed by atoms with Gasteiger partial charge in [0.05, 0.1) is 29.2 Å². The number of hydrogen-bond donors (Lipinski definition) is 2. The fraction of sp³-hybridized carbons (Fsp3) is 0.158. The van der Waals surface area contributed by atoms with Crippen LogP contribution in [0.25, 0.3) is 5.69 Å². The van der Waals surface area contributed by atoms with Crippen LogP contribution >= 0.6 is 11.6 Å². The van der Waals surface area contributed by atoms with Crippen molar-refractivity contribution in [3.8, 4) is 11.4 Å². The maximum Gasteiger partial charge on any atom is 0.334 e. The number of imidazole rings is 1. The Morgan fingerprint density at radius 1 is 1.11 bits per heavy atom. The highest BCUT2D eigenvalue weighted by Gasteiger charge is 2.18. The van der Waals surface area contributed by atoms with E-state index in [0.717, 1.165) is 5.69 Å². The number of benzene rings is 2. The lowest BCUT2D eigenvalue weighted by Crippen LogP contribution is -2.24. The van der Waals surface area contributed by atoms with Crippen molar-refractivity contribution in [1.82, 2.24) is 9.13 Å². The fourth-order valence-corrected chi connectivity index (χ4v) is 2.95. The number of nitrogens with one attached hydrogen (secondary N) is 2. The van der Waals surface area contributed by atoms with Gasteiger partial charge in [0.25, 0.3) is 0 Å². The van der Waals surface area contributed by atoms with Crippen molar-refractivity contribution >= 4 is 29.1 Å². The van der Waals surface area contributed by atoms with Crippen molar-refractivity contribution in [3.05, 3.63) is 69.7 Å². The zero-order valence-electron chi connectivity index (χ0n) is 15.1. The number of hydrogen-bond acceptors (Lipinski definition) is 3. The van der Waals surface area contributed by atoms with Gasteiger partial charge in [0.2, 0.25) is 0 Å². The average Bonchev–Trinajstić information content (AvgIpc) is 2.87. The molecule has 0 saturated heterocycles. The van der Waals surface area contributed by atoms with E-state index in [9.17, 15) is 9.59 Å². The first kappa shape index (κ1) is 18.6. The number of carbonyl (C=O) groups is 1. The molecule has 0 fully saturated rings. The number of para-hydroxylation sites is 1. The van der Waals surface area contributed by atoms with Gasteiger partial charge in [0.1, 0.15) is 11.6 Å². The van der Waals surface area contributed by atoms with Gasteiger partial charge < -0.3 is 10.1 Å². The Bertz CT molecular complexity index is 1040. The van der Waals surface area contributed by atoms with E-state index in [-0.39, 0.29) is 5.69 Å². The van der Waals surface area contributed by atoms with Gasteiger partial charge in [-0.1, -0.05) is 29.8 Å². The topological polar surface area (TPSA) is 77.3 Å². The Labute approximate surface area is 161 Å². The minimum absolute atomic E-state index is 0.256. The van der Waals surface area contributed by atoms with E-state index in [1.54, 1.807) is 32.2 Å². The lowest BCUT2D eigenvalue weighted by molar-refractivity contribution is 0.262. The zero-order valence-corrected chi connectivity index (χ0v) is 15.9. The van der Waals surface area contributed by atoms with E-state index in [1.807, 2.05) is 30.3 Å². The second-order valence-corrected chi connectivity index (χ2v) is 6.28. The van der Waals surface area contributed by atoms with Crippen LogP contribution in [0, 0.1) is 6.92 Å². The average molecular weight is 387 g/mol. The molecule has 3 rings (SSSR count). The summed E-state index contributed by atoms with van der Waals surface area (Å²) in [4.78, 5) is 25.1. The third-order valence-corrected chi connectivity index (χ3v) is 4.49. The molecule has 0 spiro atoms. The number of rotatable bonds is 4. The molecular weight excluding hydrogens is 368 g/mol. The van der Waals surface area contributed by atoms with Crippen LogP contribution in [0.15, 0.2) is 53.3 Å². The quantitative estimate of drug-likeness (QED) is 0.716. The predicted octanol–water partition coefficient (Wildman–Crippen LogP) is 3.79. The number of amides is 2. The van der Waals surface area contributed by atoms with Gasteiger partial charge >= 0.3 is 11.7 Å². The Kier molecular flexibility index (Phi) is 5.23. The first-order valence-corrected chi connectivity index (χ1v) is 8.55. The molecule has 2 aromatic carbocycles. The molecule has 27 heavy (non-hydrogen) atoms. The summed E-state index contributed by atoms with van der Waals surface area (Å²) in [5.74, 6) is 0.953. The molecular formula is C19H19ClN4O3. The van der Waals surface area contributed by atoms with Gasteiger partial charge in [0.15, 0.2) is 0 Å². The van der Waals surface area contributed by atoms with Gasteiger partial charge in [-0.2, -0.15) is 0 Å². The van der Waals surface area contributed by atoms with Crippen LogP contribution in [0.3, 0.4) is 0 Å². The summed E-state index contributed by atoms with van der Waals surface area (Å²) in [6.07, 6.45) is 0. The van der Waals surface area contributed by atoms with Crippen molar-refractivity contribution in [1.29, 1.82) is 0 Å². The number of halogens is 1. The van der Waals surface area contributed by atoms with E-state index < -0.39 is 6.03 Å². The molecule has 0 saturated carbocycles. The Morgan fingerprint density at radius 3 is 2.48 bits per heavy atom. The van der Waals surface area contributed by atoms with E-state index in [4.69, 9.17) is 16.3 Å². The number of aromatic nitrogens is 2. The molecule has 0 radical (unpaired) electrons. The molecule has 140 valence electrons. The third kappa shape index (κ3) is 3.68. The van der Waals surface area contributed by atoms with E-state index in [0.29, 0.717) is 28.0 Å². The summed E-state index contributed by atoms with van der Waals surface area (Å²) < 4.78 is 8.06. The fourth-order valence-electron chi connectivity index (χ4n) is 2.78. The molecule has 3 aromatic rings. The van der Waals surface area contributed by atoms with Crippen LogP contribution in [0.5, 0.6) is 5.75 Å². The van der Waals surface area contributed by atoms with Gasteiger partial charge in [-0.25, -0.2) is 9.59 Å². The molecule has 0 bridgehead atoms. The van der Waals surface area contributed by atoms with Crippen molar-refractivity contribution in [2.45, 2.75) is 6.92 Å². The molecule has 0 aliphatic carbocycles. The van der Waals surface area contributed by atoms with Crippen molar-refractivity contribution in [3.63, 3.8) is 0 Å². The largest absolute Gasteiger partial charge is 0.497 e.